The van der Waals surface area contributed by atoms with Gasteiger partial charge >= 0.3 is 0 Å². The van der Waals surface area contributed by atoms with Crippen LogP contribution in [-0.2, 0) is 0 Å². The van der Waals surface area contributed by atoms with Gasteiger partial charge in [0.15, 0.2) is 0 Å². The van der Waals surface area contributed by atoms with Crippen molar-refractivity contribution in [1.82, 2.24) is 4.98 Å². The van der Waals surface area contributed by atoms with E-state index in [1.54, 1.807) is 11.3 Å². The molecule has 1 aromatic carbocycles. The number of nitrogens with two attached hydrogens (primary N) is 1. The number of aromatic nitrogens is 1. The van der Waals surface area contributed by atoms with Gasteiger partial charge in [-0.25, -0.2) is 0 Å². The van der Waals surface area contributed by atoms with Gasteiger partial charge in [0.25, 0.3) is 0 Å². The first-order chi connectivity index (χ1) is 7.86. The molecule has 0 spiro atoms. The molecule has 2 heterocycles. The first-order valence-electron chi connectivity index (χ1n) is 5.21. The molecule has 0 unspecified atom stereocenters. The number of halogens is 1. The molecule has 0 fully saturated rings. The number of hydrogen-bond donors (Lipinski definition) is 2. The molecule has 0 aliphatic rings. The summed E-state index contributed by atoms with van der Waals surface area (Å²) in [5, 5.41) is 3.27. The van der Waals surface area contributed by atoms with E-state index in [2.05, 4.69) is 34.6 Å². The van der Waals surface area contributed by atoms with E-state index in [0.717, 1.165) is 5.52 Å². The van der Waals surface area contributed by atoms with Crippen LogP contribution in [-0.4, -0.2) is 4.98 Å². The third-order valence-electron chi connectivity index (χ3n) is 2.81. The average molecular weight is 265 g/mol. The fourth-order valence-electron chi connectivity index (χ4n) is 2.00. The Bertz CT molecular complexity index is 601. The van der Waals surface area contributed by atoms with Crippen molar-refractivity contribution in [3.8, 4) is 0 Å². The zero-order valence-electron chi connectivity index (χ0n) is 9.09. The van der Waals surface area contributed by atoms with E-state index >= 15 is 0 Å². The zero-order valence-corrected chi connectivity index (χ0v) is 10.7. The summed E-state index contributed by atoms with van der Waals surface area (Å²) in [5.74, 6) is 0. The SMILES string of the molecule is Cl.N[C@H](c1cccs1)c1cccc2[nH]ccc12. The highest BCUT2D eigenvalue weighted by molar-refractivity contribution is 7.10. The second-order valence-electron chi connectivity index (χ2n) is 3.78. The fourth-order valence-corrected chi connectivity index (χ4v) is 2.75. The van der Waals surface area contributed by atoms with Crippen LogP contribution in [0.4, 0.5) is 0 Å². The molecule has 0 aliphatic heterocycles. The molecule has 3 N–H and O–H groups in total. The molecule has 3 aromatic rings. The number of benzene rings is 1. The van der Waals surface area contributed by atoms with Gasteiger partial charge in [0, 0.05) is 22.0 Å². The van der Waals surface area contributed by atoms with Crippen LogP contribution < -0.4 is 5.73 Å². The van der Waals surface area contributed by atoms with Crippen LogP contribution in [0.1, 0.15) is 16.5 Å². The summed E-state index contributed by atoms with van der Waals surface area (Å²) in [6.45, 7) is 0. The lowest BCUT2D eigenvalue weighted by Gasteiger charge is -2.11. The second kappa shape index (κ2) is 4.92. The Morgan fingerprint density at radius 1 is 1.12 bits per heavy atom. The molecule has 0 saturated carbocycles. The maximum absolute atomic E-state index is 6.28. The predicted molar refractivity (Wildman–Crippen MR) is 75.9 cm³/mol. The van der Waals surface area contributed by atoms with Gasteiger partial charge in [-0.2, -0.15) is 0 Å². The average Bonchev–Trinajstić information content (AvgIpc) is 2.98. The maximum Gasteiger partial charge on any atom is 0.0652 e. The summed E-state index contributed by atoms with van der Waals surface area (Å²) in [7, 11) is 0. The van der Waals surface area contributed by atoms with Gasteiger partial charge in [-0.1, -0.05) is 18.2 Å². The van der Waals surface area contributed by atoms with Crippen LogP contribution in [0.5, 0.6) is 0 Å². The van der Waals surface area contributed by atoms with E-state index in [0.29, 0.717) is 0 Å². The van der Waals surface area contributed by atoms with E-state index in [1.807, 2.05) is 18.3 Å². The molecule has 0 saturated heterocycles. The predicted octanol–water partition coefficient (Wildman–Crippen LogP) is 3.70. The van der Waals surface area contributed by atoms with Crippen LogP contribution in [0.15, 0.2) is 48.0 Å². The molecule has 0 aliphatic carbocycles. The van der Waals surface area contributed by atoms with Gasteiger partial charge in [-0.05, 0) is 29.1 Å². The van der Waals surface area contributed by atoms with E-state index < -0.39 is 0 Å². The normalized spacial score (nSPS) is 12.3. The molecular weight excluding hydrogens is 252 g/mol. The van der Waals surface area contributed by atoms with Crippen molar-refractivity contribution < 1.29 is 0 Å². The number of nitrogens with one attached hydrogen (secondary N) is 1. The minimum absolute atomic E-state index is 0. The summed E-state index contributed by atoms with van der Waals surface area (Å²) < 4.78 is 0. The molecule has 88 valence electrons. The van der Waals surface area contributed by atoms with E-state index in [-0.39, 0.29) is 18.4 Å². The van der Waals surface area contributed by atoms with Gasteiger partial charge in [0.2, 0.25) is 0 Å². The summed E-state index contributed by atoms with van der Waals surface area (Å²) in [6.07, 6.45) is 1.95. The number of rotatable bonds is 2. The van der Waals surface area contributed by atoms with Gasteiger partial charge < -0.3 is 10.7 Å². The fraction of sp³-hybridized carbons (Fsp3) is 0.0769. The van der Waals surface area contributed by atoms with Gasteiger partial charge in [-0.3, -0.25) is 0 Å². The molecule has 2 nitrogen and oxygen atoms in total. The van der Waals surface area contributed by atoms with Crippen LogP contribution in [0, 0.1) is 0 Å². The van der Waals surface area contributed by atoms with Crippen LogP contribution in [0.3, 0.4) is 0 Å². The van der Waals surface area contributed by atoms with Crippen molar-refractivity contribution in [2.24, 2.45) is 5.73 Å². The highest BCUT2D eigenvalue weighted by Crippen LogP contribution is 2.28. The summed E-state index contributed by atoms with van der Waals surface area (Å²) in [6, 6.07) is 12.4. The van der Waals surface area contributed by atoms with Crippen LogP contribution >= 0.6 is 23.7 Å². The number of hydrogen-bond acceptors (Lipinski definition) is 2. The Kier molecular flexibility index (Phi) is 3.52. The first-order valence-corrected chi connectivity index (χ1v) is 6.09. The third-order valence-corrected chi connectivity index (χ3v) is 3.77. The number of H-pyrrole nitrogens is 1. The minimum atomic E-state index is -0.0282. The summed E-state index contributed by atoms with van der Waals surface area (Å²) in [5.41, 5.74) is 8.61. The van der Waals surface area contributed by atoms with Crippen molar-refractivity contribution in [3.05, 3.63) is 58.4 Å². The van der Waals surface area contributed by atoms with Crippen molar-refractivity contribution in [1.29, 1.82) is 0 Å². The van der Waals surface area contributed by atoms with Crippen LogP contribution in [0.2, 0.25) is 0 Å². The Balaban J connectivity index is 0.00000108. The molecule has 3 rings (SSSR count). The molecule has 0 radical (unpaired) electrons. The van der Waals surface area contributed by atoms with Crippen molar-refractivity contribution in [2.45, 2.75) is 6.04 Å². The highest BCUT2D eigenvalue weighted by Gasteiger charge is 2.12. The lowest BCUT2D eigenvalue weighted by Crippen LogP contribution is -2.10. The highest BCUT2D eigenvalue weighted by atomic mass is 35.5. The largest absolute Gasteiger partial charge is 0.361 e. The van der Waals surface area contributed by atoms with Gasteiger partial charge in [-0.15, -0.1) is 23.7 Å². The molecule has 0 bridgehead atoms. The monoisotopic (exact) mass is 264 g/mol. The molecule has 4 heteroatoms. The third kappa shape index (κ3) is 2.09. The van der Waals surface area contributed by atoms with E-state index in [1.165, 1.54) is 15.8 Å². The summed E-state index contributed by atoms with van der Waals surface area (Å²) in [4.78, 5) is 4.41. The molecular formula is C13H13ClN2S. The topological polar surface area (TPSA) is 41.8 Å². The Morgan fingerprint density at radius 3 is 2.76 bits per heavy atom. The van der Waals surface area contributed by atoms with Crippen molar-refractivity contribution >= 4 is 34.6 Å². The Morgan fingerprint density at radius 2 is 2.00 bits per heavy atom. The quantitative estimate of drug-likeness (QED) is 0.728. The van der Waals surface area contributed by atoms with E-state index in [4.69, 9.17) is 5.73 Å². The Hall–Kier alpha value is -1.29. The Labute approximate surface area is 110 Å². The molecule has 0 amide bonds. The smallest absolute Gasteiger partial charge is 0.0652 e. The lowest BCUT2D eigenvalue weighted by molar-refractivity contribution is 0.904. The zero-order chi connectivity index (χ0) is 11.0. The minimum Gasteiger partial charge on any atom is -0.361 e. The van der Waals surface area contributed by atoms with Gasteiger partial charge in [0.1, 0.15) is 0 Å². The number of aromatic amines is 1. The lowest BCUT2D eigenvalue weighted by atomic mass is 10.0. The standard InChI is InChI=1S/C13H12N2S.ClH/c14-13(12-5-2-8-16-12)10-3-1-4-11-9(10)6-7-15-11;/h1-8,13,15H,14H2;1H/t13-;/m0./s1. The van der Waals surface area contributed by atoms with Crippen molar-refractivity contribution in [3.63, 3.8) is 0 Å². The molecule has 17 heavy (non-hydrogen) atoms. The second-order valence-corrected chi connectivity index (χ2v) is 4.76. The number of thiophene rings is 1. The van der Waals surface area contributed by atoms with E-state index in [9.17, 15) is 0 Å². The van der Waals surface area contributed by atoms with Crippen molar-refractivity contribution in [2.75, 3.05) is 0 Å². The number of fused-ring (bicyclic) bond motifs is 1. The van der Waals surface area contributed by atoms with Crippen LogP contribution in [0.25, 0.3) is 10.9 Å². The first kappa shape index (κ1) is 12.2. The molecule has 2 aromatic heterocycles. The molecule has 1 atom stereocenters. The maximum atomic E-state index is 6.28. The summed E-state index contributed by atoms with van der Waals surface area (Å²) >= 11 is 1.70. The van der Waals surface area contributed by atoms with Gasteiger partial charge in [0.05, 0.1) is 6.04 Å².